The lowest BCUT2D eigenvalue weighted by Gasteiger charge is -2.12. The van der Waals surface area contributed by atoms with Gasteiger partial charge in [-0.25, -0.2) is 9.18 Å². The lowest BCUT2D eigenvalue weighted by Crippen LogP contribution is -2.32. The minimum atomic E-state index is -0.366. The molecule has 1 atom stereocenters. The van der Waals surface area contributed by atoms with E-state index < -0.39 is 0 Å². The molecule has 0 unspecified atom stereocenters. The molecule has 120 valence electrons. The van der Waals surface area contributed by atoms with Crippen molar-refractivity contribution >= 4 is 38.1 Å². The van der Waals surface area contributed by atoms with Gasteiger partial charge in [-0.05, 0) is 35.7 Å². The Morgan fingerprint density at radius 1 is 1.12 bits per heavy atom. The molecule has 6 heteroatoms. The second-order valence-corrected chi connectivity index (χ2v) is 6.28. The fourth-order valence-corrected chi connectivity index (χ4v) is 3.41. The van der Waals surface area contributed by atoms with Gasteiger partial charge in [0.25, 0.3) is 0 Å². The molecule has 1 aliphatic rings. The SMILES string of the molecule is O=c1oc2ccccc2cc1[C@@H]1C=S=C(Nc2cccc(F)c2)N1. The summed E-state index contributed by atoms with van der Waals surface area (Å²) in [6, 6.07) is 15.2. The molecular formula is C18H13FN2O2S. The van der Waals surface area contributed by atoms with Crippen molar-refractivity contribution in [2.24, 2.45) is 0 Å². The molecule has 24 heavy (non-hydrogen) atoms. The molecule has 0 radical (unpaired) electrons. The molecule has 4 nitrogen and oxygen atoms in total. The summed E-state index contributed by atoms with van der Waals surface area (Å²) in [5.74, 6) is -0.306. The zero-order valence-corrected chi connectivity index (χ0v) is 13.3. The Morgan fingerprint density at radius 3 is 2.88 bits per heavy atom. The summed E-state index contributed by atoms with van der Waals surface area (Å²) in [5, 5.41) is 9.83. The van der Waals surface area contributed by atoms with Crippen LogP contribution >= 0.6 is 10.9 Å². The number of benzene rings is 2. The van der Waals surface area contributed by atoms with Crippen molar-refractivity contribution in [3.05, 3.63) is 76.4 Å². The molecule has 0 aliphatic carbocycles. The second-order valence-electron chi connectivity index (χ2n) is 5.37. The van der Waals surface area contributed by atoms with Gasteiger partial charge < -0.3 is 9.73 Å². The van der Waals surface area contributed by atoms with E-state index >= 15 is 0 Å². The Kier molecular flexibility index (Phi) is 3.76. The van der Waals surface area contributed by atoms with Gasteiger partial charge in [-0.2, -0.15) is 0 Å². The van der Waals surface area contributed by atoms with E-state index in [9.17, 15) is 9.18 Å². The Bertz CT molecular complexity index is 1050. The molecule has 0 spiro atoms. The number of para-hydroxylation sites is 1. The Labute approximate surface area is 140 Å². The molecule has 1 aliphatic heterocycles. The normalized spacial score (nSPS) is 16.7. The van der Waals surface area contributed by atoms with Crippen molar-refractivity contribution in [1.82, 2.24) is 5.32 Å². The topological polar surface area (TPSA) is 54.3 Å². The Hall–Kier alpha value is -2.70. The van der Waals surface area contributed by atoms with Gasteiger partial charge in [0.2, 0.25) is 0 Å². The van der Waals surface area contributed by atoms with Crippen molar-refractivity contribution in [2.75, 3.05) is 5.32 Å². The molecule has 2 aromatic carbocycles. The predicted octanol–water partition coefficient (Wildman–Crippen LogP) is 3.31. The van der Waals surface area contributed by atoms with E-state index in [-0.39, 0.29) is 17.5 Å². The monoisotopic (exact) mass is 340 g/mol. The van der Waals surface area contributed by atoms with Crippen molar-refractivity contribution in [3.63, 3.8) is 0 Å². The van der Waals surface area contributed by atoms with E-state index in [1.54, 1.807) is 18.2 Å². The maximum atomic E-state index is 13.2. The van der Waals surface area contributed by atoms with Crippen molar-refractivity contribution in [1.29, 1.82) is 0 Å². The minimum Gasteiger partial charge on any atom is -0.422 e. The van der Waals surface area contributed by atoms with E-state index in [4.69, 9.17) is 4.42 Å². The van der Waals surface area contributed by atoms with Gasteiger partial charge >= 0.3 is 5.63 Å². The van der Waals surface area contributed by atoms with Gasteiger partial charge in [0.05, 0.1) is 11.6 Å². The predicted molar refractivity (Wildman–Crippen MR) is 97.0 cm³/mol. The van der Waals surface area contributed by atoms with E-state index in [0.29, 0.717) is 16.8 Å². The van der Waals surface area contributed by atoms with Crippen LogP contribution in [0.2, 0.25) is 0 Å². The zero-order valence-electron chi connectivity index (χ0n) is 12.5. The highest BCUT2D eigenvalue weighted by atomic mass is 32.1. The van der Waals surface area contributed by atoms with E-state index in [1.807, 2.05) is 29.6 Å². The minimum absolute atomic E-state index is 0.271. The van der Waals surface area contributed by atoms with E-state index in [0.717, 1.165) is 10.5 Å². The molecular weight excluding hydrogens is 327 g/mol. The molecule has 0 amide bonds. The molecule has 2 heterocycles. The summed E-state index contributed by atoms with van der Waals surface area (Å²) in [7, 11) is 1.43. The quantitative estimate of drug-likeness (QED) is 0.555. The van der Waals surface area contributed by atoms with Crippen LogP contribution < -0.4 is 16.3 Å². The number of hydrogen-bond donors (Lipinski definition) is 2. The summed E-state index contributed by atoms with van der Waals surface area (Å²) >= 11 is 0. The maximum absolute atomic E-state index is 13.2. The molecule has 4 rings (SSSR count). The fourth-order valence-electron chi connectivity index (χ4n) is 2.55. The second kappa shape index (κ2) is 6.07. The number of nitrogens with one attached hydrogen (secondary N) is 2. The smallest absolute Gasteiger partial charge is 0.341 e. The van der Waals surface area contributed by atoms with Crippen molar-refractivity contribution in [2.45, 2.75) is 6.04 Å². The summed E-state index contributed by atoms with van der Waals surface area (Å²) < 4.78 is 18.6. The van der Waals surface area contributed by atoms with Crippen molar-refractivity contribution < 1.29 is 8.81 Å². The highest BCUT2D eigenvalue weighted by molar-refractivity contribution is 7.97. The summed E-state index contributed by atoms with van der Waals surface area (Å²) in [6.07, 6.45) is 0. The van der Waals surface area contributed by atoms with Crippen molar-refractivity contribution in [3.8, 4) is 0 Å². The van der Waals surface area contributed by atoms with Crippen LogP contribution in [0.3, 0.4) is 0 Å². The number of anilines is 1. The van der Waals surface area contributed by atoms with Crippen LogP contribution in [0.5, 0.6) is 0 Å². The van der Waals surface area contributed by atoms with Crippen LogP contribution in [0.1, 0.15) is 11.6 Å². The summed E-state index contributed by atoms with van der Waals surface area (Å²) in [5.41, 5.74) is 1.39. The molecule has 2 N–H and O–H groups in total. The fraction of sp³-hybridized carbons (Fsp3) is 0.0556. The third kappa shape index (κ3) is 2.89. The van der Waals surface area contributed by atoms with Gasteiger partial charge in [-0.15, -0.1) is 10.9 Å². The lowest BCUT2D eigenvalue weighted by molar-refractivity contribution is 0.546. The van der Waals surface area contributed by atoms with Crippen LogP contribution in [0.4, 0.5) is 10.1 Å². The van der Waals surface area contributed by atoms with Gasteiger partial charge in [-0.1, -0.05) is 24.3 Å². The molecule has 0 bridgehead atoms. The highest BCUT2D eigenvalue weighted by Gasteiger charge is 2.19. The van der Waals surface area contributed by atoms with Gasteiger partial charge in [-0.3, -0.25) is 5.32 Å². The number of rotatable bonds is 2. The average molecular weight is 340 g/mol. The molecule has 0 fully saturated rings. The number of fused-ring (bicyclic) bond motifs is 1. The highest BCUT2D eigenvalue weighted by Crippen LogP contribution is 2.19. The van der Waals surface area contributed by atoms with Gasteiger partial charge in [0, 0.05) is 11.1 Å². The largest absolute Gasteiger partial charge is 0.422 e. The van der Waals surface area contributed by atoms with E-state index in [2.05, 4.69) is 10.6 Å². The standard InChI is InChI=1S/C18H13FN2O2S/c19-12-5-3-6-13(9-12)20-18-21-15(10-24-18)14-8-11-4-1-2-7-16(11)23-17(14)22/h1-10,15,20-21H/t15-/m0/s1. The Balaban J connectivity index is 1.57. The molecule has 0 saturated heterocycles. The first kappa shape index (κ1) is 14.9. The third-order valence-corrected chi connectivity index (χ3v) is 4.56. The molecule has 0 saturated carbocycles. The van der Waals surface area contributed by atoms with Gasteiger partial charge in [0.15, 0.2) is 0 Å². The lowest BCUT2D eigenvalue weighted by atomic mass is 10.1. The van der Waals surface area contributed by atoms with Crippen LogP contribution in [0, 0.1) is 5.82 Å². The molecule has 1 aromatic heterocycles. The summed E-state index contributed by atoms with van der Waals surface area (Å²) in [6.45, 7) is 0. The van der Waals surface area contributed by atoms with Crippen LogP contribution in [-0.2, 0) is 0 Å². The first-order valence-corrected chi connectivity index (χ1v) is 8.26. The maximum Gasteiger partial charge on any atom is 0.341 e. The van der Waals surface area contributed by atoms with Gasteiger partial charge in [0.1, 0.15) is 16.5 Å². The zero-order chi connectivity index (χ0) is 16.5. The summed E-state index contributed by atoms with van der Waals surface area (Å²) in [4.78, 5) is 12.2. The average Bonchev–Trinajstić information content (AvgIpc) is 3.02. The van der Waals surface area contributed by atoms with E-state index in [1.165, 1.54) is 23.1 Å². The third-order valence-electron chi connectivity index (χ3n) is 3.69. The molecule has 3 aromatic rings. The van der Waals surface area contributed by atoms with Crippen LogP contribution in [0.15, 0.2) is 63.8 Å². The van der Waals surface area contributed by atoms with Crippen LogP contribution in [0.25, 0.3) is 11.0 Å². The number of hydrogen-bond acceptors (Lipinski definition) is 4. The van der Waals surface area contributed by atoms with Crippen LogP contribution in [-0.4, -0.2) is 10.5 Å². The first-order valence-electron chi connectivity index (χ1n) is 7.38. The first-order chi connectivity index (χ1) is 11.7. The Morgan fingerprint density at radius 2 is 2.00 bits per heavy atom. The number of halogens is 1.